The summed E-state index contributed by atoms with van der Waals surface area (Å²) in [4.78, 5) is 19.6. The van der Waals surface area contributed by atoms with Crippen molar-refractivity contribution in [1.29, 1.82) is 0 Å². The molecule has 0 saturated carbocycles. The normalized spacial score (nSPS) is 11.6. The van der Waals surface area contributed by atoms with Crippen LogP contribution >= 0.6 is 0 Å². The van der Waals surface area contributed by atoms with E-state index in [1.54, 1.807) is 0 Å². The first-order chi connectivity index (χ1) is 15.5. The second kappa shape index (κ2) is 11.2. The topological polar surface area (TPSA) is 63.1 Å². The van der Waals surface area contributed by atoms with Crippen LogP contribution < -0.4 is 5.19 Å². The van der Waals surface area contributed by atoms with Gasteiger partial charge in [0.2, 0.25) is 0 Å². The van der Waals surface area contributed by atoms with Gasteiger partial charge in [-0.2, -0.15) is 0 Å². The minimum atomic E-state index is -1.46. The number of benzene rings is 2. The Labute approximate surface area is 216 Å². The number of hydrogen-bond acceptors (Lipinski definition) is 4. The van der Waals surface area contributed by atoms with Crippen LogP contribution in [0.2, 0.25) is 19.6 Å². The number of pyridine rings is 2. The zero-order valence-corrected chi connectivity index (χ0v) is 24.2. The van der Waals surface area contributed by atoms with Crippen molar-refractivity contribution < 1.29 is 30.0 Å². The van der Waals surface area contributed by atoms with Gasteiger partial charge >= 0.3 is 0 Å². The van der Waals surface area contributed by atoms with Gasteiger partial charge in [0, 0.05) is 44.0 Å². The SMILES string of the molecule is CC(=O)/C=C(/C)O.Cc1[c-]c(-c2nccc3c2cnc2c([Si](C)(C)C)cccc23)cc(C)c1.[Ir]. The molecule has 4 nitrogen and oxygen atoms in total. The van der Waals surface area contributed by atoms with Crippen molar-refractivity contribution in [2.45, 2.75) is 47.3 Å². The largest absolute Gasteiger partial charge is 0.512 e. The predicted molar refractivity (Wildman–Crippen MR) is 141 cm³/mol. The Morgan fingerprint density at radius 2 is 1.71 bits per heavy atom. The summed E-state index contributed by atoms with van der Waals surface area (Å²) < 4.78 is 0. The summed E-state index contributed by atoms with van der Waals surface area (Å²) in [6.45, 7) is 14.2. The van der Waals surface area contributed by atoms with Crippen molar-refractivity contribution in [2.24, 2.45) is 0 Å². The molecule has 0 saturated heterocycles. The summed E-state index contributed by atoms with van der Waals surface area (Å²) in [5.74, 6) is -0.0625. The van der Waals surface area contributed by atoms with Gasteiger partial charge in [-0.05, 0) is 41.6 Å². The minimum absolute atomic E-state index is 0. The second-order valence-electron chi connectivity index (χ2n) is 9.48. The molecule has 4 rings (SSSR count). The number of ketones is 1. The third-order valence-corrected chi connectivity index (χ3v) is 7.28. The van der Waals surface area contributed by atoms with E-state index in [-0.39, 0.29) is 31.6 Å². The number of carbonyl (C=O) groups excluding carboxylic acids is 1. The smallest absolute Gasteiger partial charge is 0.155 e. The molecule has 2 aromatic carbocycles. The molecule has 0 aliphatic carbocycles. The van der Waals surface area contributed by atoms with Crippen molar-refractivity contribution in [2.75, 3.05) is 0 Å². The van der Waals surface area contributed by atoms with Gasteiger partial charge in [-0.1, -0.05) is 51.7 Å². The average Bonchev–Trinajstić information content (AvgIpc) is 2.70. The van der Waals surface area contributed by atoms with E-state index < -0.39 is 8.07 Å². The molecular formula is C28H31IrN2O2Si-. The van der Waals surface area contributed by atoms with E-state index in [2.05, 4.69) is 80.9 Å². The fourth-order valence-corrected chi connectivity index (χ4v) is 5.51. The standard InChI is InChI=1S/C23H23N2Si.C5H8O2.Ir/c1-15-11-16(2)13-17(12-15)22-20-14-25-23-19(18(20)9-10-24-22)7-6-8-21(23)26(3,4)5;1-4(6)3-5(2)7;/h6-12,14H,1-5H3;3,6H,1-2H3;/q-1;;/b;4-3-;. The minimum Gasteiger partial charge on any atom is -0.512 e. The van der Waals surface area contributed by atoms with Crippen LogP contribution in [-0.4, -0.2) is 28.9 Å². The molecule has 0 fully saturated rings. The summed E-state index contributed by atoms with van der Waals surface area (Å²) in [6.07, 6.45) is 5.07. The van der Waals surface area contributed by atoms with Crippen LogP contribution in [-0.2, 0) is 24.9 Å². The van der Waals surface area contributed by atoms with E-state index in [9.17, 15) is 4.79 Å². The Morgan fingerprint density at radius 1 is 1.00 bits per heavy atom. The number of nitrogens with zero attached hydrogens (tertiary/aromatic N) is 2. The van der Waals surface area contributed by atoms with Gasteiger partial charge in [-0.3, -0.25) is 9.78 Å². The Hall–Kier alpha value is -2.66. The number of aryl methyl sites for hydroxylation is 2. The molecule has 0 aliphatic heterocycles. The second-order valence-corrected chi connectivity index (χ2v) is 14.5. The van der Waals surface area contributed by atoms with Gasteiger partial charge in [-0.15, -0.1) is 34.9 Å². The van der Waals surface area contributed by atoms with Gasteiger partial charge in [0.05, 0.1) is 19.3 Å². The van der Waals surface area contributed by atoms with Crippen molar-refractivity contribution >= 4 is 40.7 Å². The van der Waals surface area contributed by atoms with Crippen LogP contribution in [0.1, 0.15) is 25.0 Å². The number of allylic oxidation sites excluding steroid dienone is 2. The fourth-order valence-electron chi connectivity index (χ4n) is 4.00. The maximum Gasteiger partial charge on any atom is 0.155 e. The molecule has 179 valence electrons. The Kier molecular flexibility index (Phi) is 9.06. The summed E-state index contributed by atoms with van der Waals surface area (Å²) in [7, 11) is -1.46. The van der Waals surface area contributed by atoms with Crippen molar-refractivity contribution in [3.05, 3.63) is 77.8 Å². The summed E-state index contributed by atoms with van der Waals surface area (Å²) in [5, 5.41) is 13.3. The van der Waals surface area contributed by atoms with Crippen LogP contribution in [0.15, 0.2) is 60.6 Å². The van der Waals surface area contributed by atoms with Gasteiger partial charge in [0.25, 0.3) is 0 Å². The zero-order valence-electron chi connectivity index (χ0n) is 20.8. The fraction of sp³-hybridized carbons (Fsp3) is 0.250. The molecule has 0 spiro atoms. The molecule has 0 bridgehead atoms. The summed E-state index contributed by atoms with van der Waals surface area (Å²) in [6, 6.07) is 16.5. The number of para-hydroxylation sites is 1. The maximum atomic E-state index is 10.0. The first-order valence-corrected chi connectivity index (χ1v) is 14.5. The Balaban J connectivity index is 0.000000449. The molecule has 2 heterocycles. The van der Waals surface area contributed by atoms with Crippen LogP contribution in [0.25, 0.3) is 32.9 Å². The van der Waals surface area contributed by atoms with Crippen molar-refractivity contribution in [3.8, 4) is 11.3 Å². The van der Waals surface area contributed by atoms with E-state index >= 15 is 0 Å². The summed E-state index contributed by atoms with van der Waals surface area (Å²) >= 11 is 0. The van der Waals surface area contributed by atoms with E-state index in [4.69, 9.17) is 10.1 Å². The number of carbonyl (C=O) groups is 1. The predicted octanol–water partition coefficient (Wildman–Crippen LogP) is 6.45. The van der Waals surface area contributed by atoms with Gasteiger partial charge in [0.1, 0.15) is 0 Å². The van der Waals surface area contributed by atoms with Gasteiger partial charge in [-0.25, -0.2) is 0 Å². The molecule has 1 N–H and O–H groups in total. The molecule has 0 amide bonds. The molecule has 6 heteroatoms. The number of hydrogen-bond donors (Lipinski definition) is 1. The maximum absolute atomic E-state index is 10.0. The Morgan fingerprint density at radius 3 is 2.26 bits per heavy atom. The number of fused-ring (bicyclic) bond motifs is 3. The van der Waals surface area contributed by atoms with Crippen LogP contribution in [0.4, 0.5) is 0 Å². The number of aliphatic hydroxyl groups is 1. The zero-order chi connectivity index (χ0) is 24.3. The molecule has 0 aliphatic rings. The van der Waals surface area contributed by atoms with E-state index in [0.717, 1.165) is 27.7 Å². The monoisotopic (exact) mass is 648 g/mol. The van der Waals surface area contributed by atoms with Crippen molar-refractivity contribution in [1.82, 2.24) is 9.97 Å². The van der Waals surface area contributed by atoms with Crippen LogP contribution in [0, 0.1) is 19.9 Å². The third-order valence-electron chi connectivity index (χ3n) is 5.26. The van der Waals surface area contributed by atoms with Crippen LogP contribution in [0.5, 0.6) is 0 Å². The molecule has 0 unspecified atom stereocenters. The first kappa shape index (κ1) is 27.6. The van der Waals surface area contributed by atoms with Crippen LogP contribution in [0.3, 0.4) is 0 Å². The summed E-state index contributed by atoms with van der Waals surface area (Å²) in [5.41, 5.74) is 5.50. The molecule has 0 atom stereocenters. The van der Waals surface area contributed by atoms with E-state index in [1.165, 1.54) is 41.4 Å². The molecular weight excluding hydrogens is 617 g/mol. The molecule has 1 radical (unpaired) electrons. The third kappa shape index (κ3) is 6.47. The van der Waals surface area contributed by atoms with Gasteiger partial charge in [0.15, 0.2) is 5.78 Å². The average molecular weight is 648 g/mol. The molecule has 4 aromatic rings. The van der Waals surface area contributed by atoms with Gasteiger partial charge < -0.3 is 10.1 Å². The number of aromatic nitrogens is 2. The number of rotatable bonds is 3. The Bertz CT molecular complexity index is 1350. The van der Waals surface area contributed by atoms with Crippen molar-refractivity contribution in [3.63, 3.8) is 0 Å². The van der Waals surface area contributed by atoms with E-state index in [0.29, 0.717) is 0 Å². The first-order valence-electron chi connectivity index (χ1n) is 11.0. The van der Waals surface area contributed by atoms with E-state index in [1.807, 2.05) is 12.4 Å². The quantitative estimate of drug-likeness (QED) is 0.0914. The molecule has 34 heavy (non-hydrogen) atoms. The number of aliphatic hydroxyl groups excluding tert-OH is 1. The molecule has 2 aromatic heterocycles.